The molecule has 0 aromatic carbocycles. The zero-order valence-electron chi connectivity index (χ0n) is 14.3. The van der Waals surface area contributed by atoms with Crippen LogP contribution in [0.25, 0.3) is 0 Å². The third-order valence-electron chi connectivity index (χ3n) is 4.49. The summed E-state index contributed by atoms with van der Waals surface area (Å²) in [5.41, 5.74) is 13.0. The minimum absolute atomic E-state index is 0. The number of nitrogens with two attached hydrogens (primary N) is 2. The molecular weight excluding hydrogens is 417 g/mol. The summed E-state index contributed by atoms with van der Waals surface area (Å²) in [5, 5.41) is 17.8. The van der Waals surface area contributed by atoms with Crippen LogP contribution in [0.2, 0.25) is 0 Å². The number of aromatic nitrogens is 1. The van der Waals surface area contributed by atoms with E-state index in [4.69, 9.17) is 26.4 Å². The maximum Gasteiger partial charge on any atom is 0.211 e. The van der Waals surface area contributed by atoms with Crippen LogP contribution in [0, 0.1) is 5.41 Å². The molecule has 2 unspecified atom stereocenters. The van der Waals surface area contributed by atoms with Crippen molar-refractivity contribution in [3.05, 3.63) is 33.8 Å². The van der Waals surface area contributed by atoms with Crippen LogP contribution in [0.4, 0.5) is 0 Å². The van der Waals surface area contributed by atoms with Crippen LogP contribution in [-0.4, -0.2) is 35.4 Å². The molecule has 3 rings (SSSR count). The van der Waals surface area contributed by atoms with Crippen LogP contribution in [0.3, 0.4) is 0 Å². The standard InChI is InChI=1S/C15H18N4O5.ClH.Zn/c1-5-9(17)13(21)8-6(4-24-15(18)22)10-14(23-2)7(16)3-19(10)11(8)12(5)20;;/h7,14H,3-4,16-17H2,1-2H3,(H2,18,22);1H;/p-1. The Labute approximate surface area is 168 Å². The number of rotatable bonds is 3. The predicted octanol–water partition coefficient (Wildman–Crippen LogP) is -0.641. The molecule has 1 aromatic rings. The number of methoxy groups -OCH3 is 1. The monoisotopic (exact) mass is 433 g/mol. The number of ketones is 2. The molecule has 11 heteroatoms. The molecule has 26 heavy (non-hydrogen) atoms. The van der Waals surface area contributed by atoms with E-state index >= 15 is 0 Å². The van der Waals surface area contributed by atoms with Gasteiger partial charge in [0.1, 0.15) is 17.9 Å². The molecule has 0 radical (unpaired) electrons. The number of Topliss-reactive ketones (excluding diaryl/α,β-unsaturated/α-hetero) is 2. The smallest absolute Gasteiger partial charge is 0.211 e. The second-order valence-corrected chi connectivity index (χ2v) is 5.79. The Balaban J connectivity index is 0.00000169. The van der Waals surface area contributed by atoms with Crippen LogP contribution in [0.5, 0.6) is 0 Å². The summed E-state index contributed by atoms with van der Waals surface area (Å²) in [7, 11) is 1.47. The van der Waals surface area contributed by atoms with Crippen LogP contribution in [-0.2, 0) is 42.1 Å². The van der Waals surface area contributed by atoms with E-state index in [0.29, 0.717) is 11.3 Å². The fraction of sp³-hybridized carbons (Fsp3) is 0.400. The first-order valence-corrected chi connectivity index (χ1v) is 7.27. The second kappa shape index (κ2) is 7.88. The van der Waals surface area contributed by atoms with E-state index in [1.165, 1.54) is 14.0 Å². The van der Waals surface area contributed by atoms with Gasteiger partial charge in [0.25, 0.3) is 0 Å². The number of allylic oxidation sites excluding steroid dienone is 2. The molecule has 2 atom stereocenters. The van der Waals surface area contributed by atoms with Gasteiger partial charge in [-0.05, 0) is 12.5 Å². The number of nitrogens with zero attached hydrogens (tertiary/aromatic N) is 1. The zero-order chi connectivity index (χ0) is 17.8. The predicted molar refractivity (Wildman–Crippen MR) is 87.5 cm³/mol. The Bertz CT molecular complexity index is 819. The molecule has 1 aromatic heterocycles. The van der Waals surface area contributed by atoms with E-state index < -0.39 is 24.0 Å². The van der Waals surface area contributed by atoms with Gasteiger partial charge in [-0.3, -0.25) is 15.0 Å². The van der Waals surface area contributed by atoms with Gasteiger partial charge in [-0.1, -0.05) is 0 Å². The van der Waals surface area contributed by atoms with Gasteiger partial charge in [0, 0.05) is 45.3 Å². The summed E-state index contributed by atoms with van der Waals surface area (Å²) in [6.45, 7) is 1.45. The normalized spacial score (nSPS) is 20.9. The topological polar surface area (TPSA) is 156 Å². The number of carbonyl (C=O) groups excluding carboxylic acids is 2. The van der Waals surface area contributed by atoms with Crippen molar-refractivity contribution < 1.29 is 43.6 Å². The first-order chi connectivity index (χ1) is 11.3. The van der Waals surface area contributed by atoms with Crippen LogP contribution < -0.4 is 16.6 Å². The molecule has 5 N–H and O–H groups in total. The number of carbonyl (C=O) groups is 2. The first-order valence-electron chi connectivity index (χ1n) is 7.27. The second-order valence-electron chi connectivity index (χ2n) is 5.79. The Kier molecular flexibility index (Phi) is 6.76. The van der Waals surface area contributed by atoms with E-state index in [9.17, 15) is 14.7 Å². The molecule has 9 nitrogen and oxygen atoms in total. The Morgan fingerprint density at radius 3 is 2.54 bits per heavy atom. The molecular formula is C15H18ClN4O5Zn-. The molecule has 1 aliphatic carbocycles. The van der Waals surface area contributed by atoms with Crippen molar-refractivity contribution in [1.29, 1.82) is 5.41 Å². The van der Waals surface area contributed by atoms with Crippen molar-refractivity contribution in [2.45, 2.75) is 32.2 Å². The van der Waals surface area contributed by atoms with Crippen molar-refractivity contribution in [1.82, 2.24) is 4.57 Å². The van der Waals surface area contributed by atoms with Crippen molar-refractivity contribution in [3.8, 4) is 0 Å². The fourth-order valence-corrected chi connectivity index (χ4v) is 3.37. The quantitative estimate of drug-likeness (QED) is 0.324. The molecule has 0 fully saturated rings. The Morgan fingerprint density at radius 1 is 1.38 bits per heavy atom. The average molecular weight is 435 g/mol. The summed E-state index contributed by atoms with van der Waals surface area (Å²) >= 11 is 0. The van der Waals surface area contributed by atoms with Crippen molar-refractivity contribution in [2.24, 2.45) is 11.5 Å². The molecule has 0 saturated carbocycles. The molecule has 0 bridgehead atoms. The number of nitrogens with one attached hydrogen (secondary N) is 1. The Morgan fingerprint density at radius 2 is 2.00 bits per heavy atom. The summed E-state index contributed by atoms with van der Waals surface area (Å²) < 4.78 is 11.8. The number of hydrogen-bond acceptors (Lipinski definition) is 8. The van der Waals surface area contributed by atoms with Crippen LogP contribution in [0.15, 0.2) is 11.3 Å². The summed E-state index contributed by atoms with van der Waals surface area (Å²) in [4.78, 5) is 25.3. The molecule has 2 heterocycles. The molecule has 0 amide bonds. The minimum Gasteiger partial charge on any atom is -0.596 e. The van der Waals surface area contributed by atoms with Crippen molar-refractivity contribution >= 4 is 30.1 Å². The SMILES string of the molecule is COC1c2c(COC(=N)[O-])c3c(n2CC1N)C(=O)C(C)=C(N)C3=O.Cl.[Zn]. The number of halogens is 1. The van der Waals surface area contributed by atoms with Gasteiger partial charge < -0.3 is 30.6 Å². The summed E-state index contributed by atoms with van der Waals surface area (Å²) in [6.07, 6.45) is -1.80. The van der Waals surface area contributed by atoms with Crippen molar-refractivity contribution in [2.75, 3.05) is 7.11 Å². The molecule has 2 aliphatic rings. The van der Waals surface area contributed by atoms with Crippen LogP contribution in [0.1, 0.15) is 45.1 Å². The summed E-state index contributed by atoms with van der Waals surface area (Å²) in [6, 6.07) is -0.410. The first kappa shape index (κ1) is 22.3. The van der Waals surface area contributed by atoms with Gasteiger partial charge in [0.05, 0.1) is 23.0 Å². The number of ether oxygens (including phenoxy) is 2. The summed E-state index contributed by atoms with van der Waals surface area (Å²) in [5.74, 6) is -0.862. The zero-order valence-corrected chi connectivity index (χ0v) is 18.1. The van der Waals surface area contributed by atoms with Gasteiger partial charge in [0.15, 0.2) is 0 Å². The molecule has 138 valence electrons. The van der Waals surface area contributed by atoms with E-state index in [0.717, 1.165) is 0 Å². The van der Waals surface area contributed by atoms with Gasteiger partial charge in [-0.25, -0.2) is 0 Å². The third-order valence-corrected chi connectivity index (χ3v) is 4.49. The molecule has 0 spiro atoms. The largest absolute Gasteiger partial charge is 0.596 e. The number of fused-ring (bicyclic) bond motifs is 3. The van der Waals surface area contributed by atoms with Crippen LogP contribution >= 0.6 is 12.4 Å². The van der Waals surface area contributed by atoms with Gasteiger partial charge in [0.2, 0.25) is 11.6 Å². The van der Waals surface area contributed by atoms with Gasteiger partial charge >= 0.3 is 0 Å². The van der Waals surface area contributed by atoms with E-state index in [2.05, 4.69) is 0 Å². The molecule has 1 aliphatic heterocycles. The Hall–Kier alpha value is -1.74. The molecule has 0 saturated heterocycles. The van der Waals surface area contributed by atoms with E-state index in [-0.39, 0.29) is 73.3 Å². The van der Waals surface area contributed by atoms with E-state index in [1.54, 1.807) is 4.57 Å². The average Bonchev–Trinajstić information content (AvgIpc) is 3.01. The third kappa shape index (κ3) is 3.07. The number of hydrogen-bond donors (Lipinski definition) is 3. The van der Waals surface area contributed by atoms with Gasteiger partial charge in [-0.15, -0.1) is 12.4 Å². The van der Waals surface area contributed by atoms with Gasteiger partial charge in [-0.2, -0.15) is 0 Å². The maximum absolute atomic E-state index is 12.6. The maximum atomic E-state index is 12.6. The fourth-order valence-electron chi connectivity index (χ4n) is 3.37. The minimum atomic E-state index is -1.24. The van der Waals surface area contributed by atoms with E-state index in [1.807, 2.05) is 0 Å². The van der Waals surface area contributed by atoms with Crippen molar-refractivity contribution in [3.63, 3.8) is 0 Å².